The predicted octanol–water partition coefficient (Wildman–Crippen LogP) is 2.66. The second-order valence-electron chi connectivity index (χ2n) is 6.19. The maximum atomic E-state index is 12.9. The summed E-state index contributed by atoms with van der Waals surface area (Å²) in [5, 5.41) is 4.07. The van der Waals surface area contributed by atoms with E-state index in [-0.39, 0.29) is 23.1 Å². The third kappa shape index (κ3) is 2.93. The number of pyridine rings is 1. The number of nitrogens with zero attached hydrogens (tertiary/aromatic N) is 2. The minimum absolute atomic E-state index is 0.130. The third-order valence-corrected chi connectivity index (χ3v) is 4.48. The number of rotatable bonds is 2. The topological polar surface area (TPSA) is 79.2 Å². The summed E-state index contributed by atoms with van der Waals surface area (Å²) in [6.45, 7) is 6.17. The molecule has 1 atom stereocenters. The number of H-pyrrole nitrogens is 1. The molecule has 0 aliphatic carbocycles. The minimum Gasteiger partial charge on any atom is -0.361 e. The Labute approximate surface area is 134 Å². The average molecular weight is 315 g/mol. The fourth-order valence-corrected chi connectivity index (χ4v) is 3.06. The molecule has 23 heavy (non-hydrogen) atoms. The van der Waals surface area contributed by atoms with Crippen LogP contribution >= 0.6 is 0 Å². The van der Waals surface area contributed by atoms with Crippen LogP contribution in [0.2, 0.25) is 0 Å². The zero-order chi connectivity index (χ0) is 16.6. The van der Waals surface area contributed by atoms with E-state index in [1.54, 1.807) is 11.0 Å². The SMILES string of the molecule is Cc1cc(C2CCCCN2C(=O)c2cc(C)c(C)[nH]c2=O)no1. The van der Waals surface area contributed by atoms with Crippen LogP contribution < -0.4 is 5.56 Å². The van der Waals surface area contributed by atoms with Gasteiger partial charge in [0.1, 0.15) is 17.0 Å². The van der Waals surface area contributed by atoms with Gasteiger partial charge in [-0.1, -0.05) is 5.16 Å². The molecule has 3 rings (SSSR count). The van der Waals surface area contributed by atoms with Crippen LogP contribution in [0.4, 0.5) is 0 Å². The van der Waals surface area contributed by atoms with E-state index < -0.39 is 0 Å². The number of amides is 1. The molecule has 6 heteroatoms. The molecule has 1 amide bonds. The minimum atomic E-state index is -0.334. The summed E-state index contributed by atoms with van der Waals surface area (Å²) < 4.78 is 5.15. The van der Waals surface area contributed by atoms with Crippen LogP contribution in [0.5, 0.6) is 0 Å². The van der Waals surface area contributed by atoms with Crippen LogP contribution in [0.3, 0.4) is 0 Å². The molecule has 3 heterocycles. The van der Waals surface area contributed by atoms with Crippen LogP contribution in [-0.2, 0) is 0 Å². The van der Waals surface area contributed by atoms with Crippen LogP contribution in [-0.4, -0.2) is 27.5 Å². The summed E-state index contributed by atoms with van der Waals surface area (Å²) in [5.41, 5.74) is 2.31. The van der Waals surface area contributed by atoms with E-state index in [1.165, 1.54) is 0 Å². The molecule has 0 radical (unpaired) electrons. The molecular weight excluding hydrogens is 294 g/mol. The first kappa shape index (κ1) is 15.5. The van der Waals surface area contributed by atoms with Crippen molar-refractivity contribution in [3.63, 3.8) is 0 Å². The Hall–Kier alpha value is -2.37. The van der Waals surface area contributed by atoms with Crippen molar-refractivity contribution in [1.29, 1.82) is 0 Å². The van der Waals surface area contributed by atoms with Crippen molar-refractivity contribution in [3.05, 3.63) is 50.8 Å². The van der Waals surface area contributed by atoms with Gasteiger partial charge >= 0.3 is 0 Å². The van der Waals surface area contributed by atoms with Gasteiger partial charge in [0.2, 0.25) is 0 Å². The molecule has 0 bridgehead atoms. The lowest BCUT2D eigenvalue weighted by atomic mass is 9.98. The highest BCUT2D eigenvalue weighted by Crippen LogP contribution is 2.31. The van der Waals surface area contributed by atoms with Crippen LogP contribution in [0.15, 0.2) is 21.5 Å². The molecule has 1 aliphatic heterocycles. The number of piperidine rings is 1. The largest absolute Gasteiger partial charge is 0.361 e. The van der Waals surface area contributed by atoms with Crippen LogP contribution in [0, 0.1) is 20.8 Å². The number of carbonyl (C=O) groups excluding carboxylic acids is 1. The summed E-state index contributed by atoms with van der Waals surface area (Å²) in [6, 6.07) is 3.41. The Balaban J connectivity index is 1.96. The van der Waals surface area contributed by atoms with Gasteiger partial charge in [0.05, 0.1) is 6.04 Å². The Bertz CT molecular complexity index is 791. The molecule has 2 aromatic heterocycles. The predicted molar refractivity (Wildman–Crippen MR) is 85.4 cm³/mol. The normalized spacial score (nSPS) is 18.2. The van der Waals surface area contributed by atoms with Crippen molar-refractivity contribution in [2.24, 2.45) is 0 Å². The molecular formula is C17H21N3O3. The summed E-state index contributed by atoms with van der Waals surface area (Å²) in [6.07, 6.45) is 2.80. The summed E-state index contributed by atoms with van der Waals surface area (Å²) in [5.74, 6) is 0.488. The van der Waals surface area contributed by atoms with E-state index in [4.69, 9.17) is 4.52 Å². The number of hydrogen-bond acceptors (Lipinski definition) is 4. The molecule has 0 saturated carbocycles. The number of hydrogen-bond donors (Lipinski definition) is 1. The third-order valence-electron chi connectivity index (χ3n) is 4.48. The van der Waals surface area contributed by atoms with Crippen molar-refractivity contribution < 1.29 is 9.32 Å². The number of likely N-dealkylation sites (tertiary alicyclic amines) is 1. The van der Waals surface area contributed by atoms with Gasteiger partial charge in [0.15, 0.2) is 0 Å². The van der Waals surface area contributed by atoms with E-state index in [9.17, 15) is 9.59 Å². The molecule has 1 saturated heterocycles. The van der Waals surface area contributed by atoms with Crippen LogP contribution in [0.1, 0.15) is 58.4 Å². The van der Waals surface area contributed by atoms with Crippen LogP contribution in [0.25, 0.3) is 0 Å². The zero-order valence-corrected chi connectivity index (χ0v) is 13.7. The molecule has 2 aromatic rings. The lowest BCUT2D eigenvalue weighted by molar-refractivity contribution is 0.0600. The van der Waals surface area contributed by atoms with Crippen molar-refractivity contribution in [2.75, 3.05) is 6.54 Å². The van der Waals surface area contributed by atoms with Gasteiger partial charge in [-0.25, -0.2) is 0 Å². The van der Waals surface area contributed by atoms with Crippen molar-refractivity contribution in [2.45, 2.75) is 46.1 Å². The molecule has 1 aliphatic rings. The first-order valence-electron chi connectivity index (χ1n) is 7.92. The first-order valence-corrected chi connectivity index (χ1v) is 7.92. The molecule has 1 unspecified atom stereocenters. The molecule has 0 aromatic carbocycles. The Morgan fingerprint density at radius 1 is 1.30 bits per heavy atom. The molecule has 1 N–H and O–H groups in total. The standard InChI is InChI=1S/C17H21N3O3/c1-10-8-13(16(21)18-12(10)3)17(22)20-7-5-4-6-15(20)14-9-11(2)23-19-14/h8-9,15H,4-7H2,1-3H3,(H,18,21). The van der Waals surface area contributed by atoms with Gasteiger partial charge in [-0.05, 0) is 51.7 Å². The first-order chi connectivity index (χ1) is 11.0. The number of aromatic amines is 1. The molecule has 6 nitrogen and oxygen atoms in total. The smallest absolute Gasteiger partial charge is 0.261 e. The van der Waals surface area contributed by atoms with Gasteiger partial charge in [0.25, 0.3) is 11.5 Å². The van der Waals surface area contributed by atoms with Gasteiger partial charge < -0.3 is 14.4 Å². The average Bonchev–Trinajstić information content (AvgIpc) is 2.96. The van der Waals surface area contributed by atoms with Gasteiger partial charge in [-0.2, -0.15) is 0 Å². The van der Waals surface area contributed by atoms with Crippen molar-refractivity contribution in [1.82, 2.24) is 15.0 Å². The second kappa shape index (κ2) is 6.02. The molecule has 122 valence electrons. The maximum absolute atomic E-state index is 12.9. The lowest BCUT2D eigenvalue weighted by Gasteiger charge is -2.34. The number of aryl methyl sites for hydroxylation is 3. The van der Waals surface area contributed by atoms with Gasteiger partial charge in [-0.3, -0.25) is 9.59 Å². The quantitative estimate of drug-likeness (QED) is 0.924. The maximum Gasteiger partial charge on any atom is 0.261 e. The Morgan fingerprint density at radius 2 is 2.09 bits per heavy atom. The Morgan fingerprint density at radius 3 is 2.78 bits per heavy atom. The Kier molecular flexibility index (Phi) is 4.07. The van der Waals surface area contributed by atoms with E-state index in [0.717, 1.165) is 42.0 Å². The zero-order valence-electron chi connectivity index (χ0n) is 13.7. The fourth-order valence-electron chi connectivity index (χ4n) is 3.06. The number of aromatic nitrogens is 2. The van der Waals surface area contributed by atoms with E-state index >= 15 is 0 Å². The van der Waals surface area contributed by atoms with E-state index in [0.29, 0.717) is 6.54 Å². The molecule has 0 spiro atoms. The highest BCUT2D eigenvalue weighted by Gasteiger charge is 2.32. The van der Waals surface area contributed by atoms with Crippen molar-refractivity contribution in [3.8, 4) is 0 Å². The van der Waals surface area contributed by atoms with E-state index in [2.05, 4.69) is 10.1 Å². The summed E-state index contributed by atoms with van der Waals surface area (Å²) in [7, 11) is 0. The highest BCUT2D eigenvalue weighted by atomic mass is 16.5. The highest BCUT2D eigenvalue weighted by molar-refractivity contribution is 5.94. The summed E-state index contributed by atoms with van der Waals surface area (Å²) >= 11 is 0. The molecule has 1 fully saturated rings. The fraction of sp³-hybridized carbons (Fsp3) is 0.471. The monoisotopic (exact) mass is 315 g/mol. The number of carbonyl (C=O) groups is 1. The second-order valence-corrected chi connectivity index (χ2v) is 6.19. The summed E-state index contributed by atoms with van der Waals surface area (Å²) in [4.78, 5) is 29.6. The van der Waals surface area contributed by atoms with Gasteiger partial charge in [0, 0.05) is 18.3 Å². The number of nitrogens with one attached hydrogen (secondary N) is 1. The van der Waals surface area contributed by atoms with E-state index in [1.807, 2.05) is 26.8 Å². The van der Waals surface area contributed by atoms with Crippen molar-refractivity contribution >= 4 is 5.91 Å². The van der Waals surface area contributed by atoms with Gasteiger partial charge in [-0.15, -0.1) is 0 Å². The lowest BCUT2D eigenvalue weighted by Crippen LogP contribution is -2.41.